The first-order chi connectivity index (χ1) is 11.6. The first-order valence-electron chi connectivity index (χ1n) is 8.37. The van der Waals surface area contributed by atoms with Crippen molar-refractivity contribution >= 4 is 11.5 Å². The summed E-state index contributed by atoms with van der Waals surface area (Å²) in [7, 11) is 1.91. The van der Waals surface area contributed by atoms with E-state index in [1.54, 1.807) is 16.8 Å². The van der Waals surface area contributed by atoms with Crippen LogP contribution in [-0.4, -0.2) is 38.8 Å². The van der Waals surface area contributed by atoms with E-state index in [0.717, 1.165) is 24.9 Å². The van der Waals surface area contributed by atoms with Crippen molar-refractivity contribution < 1.29 is 9.90 Å². The molecule has 2 atom stereocenters. The molecule has 124 valence electrons. The largest absolute Gasteiger partial charge is 0.508 e. The van der Waals surface area contributed by atoms with Crippen molar-refractivity contribution in [2.75, 3.05) is 13.1 Å². The second-order valence-corrected chi connectivity index (χ2v) is 6.71. The summed E-state index contributed by atoms with van der Waals surface area (Å²) in [5, 5.41) is 13.6. The average molecular weight is 323 g/mol. The van der Waals surface area contributed by atoms with Crippen LogP contribution < -0.4 is 0 Å². The third kappa shape index (κ3) is 2.82. The summed E-state index contributed by atoms with van der Waals surface area (Å²) in [5.74, 6) is 1.01. The van der Waals surface area contributed by atoms with Crippen LogP contribution in [0.1, 0.15) is 29.9 Å². The maximum Gasteiger partial charge on any atom is 0.226 e. The van der Waals surface area contributed by atoms with Gasteiger partial charge in [-0.15, -0.1) is 0 Å². The Bertz CT molecular complexity index is 791. The van der Waals surface area contributed by atoms with Gasteiger partial charge in [0.25, 0.3) is 0 Å². The molecule has 0 saturated heterocycles. The van der Waals surface area contributed by atoms with Crippen LogP contribution in [0.2, 0.25) is 0 Å². The van der Waals surface area contributed by atoms with Crippen molar-refractivity contribution in [1.82, 2.24) is 14.7 Å². The van der Waals surface area contributed by atoms with Crippen LogP contribution in [0, 0.1) is 5.92 Å². The number of amides is 1. The zero-order valence-corrected chi connectivity index (χ0v) is 13.7. The predicted molar refractivity (Wildman–Crippen MR) is 91.3 cm³/mol. The molecule has 24 heavy (non-hydrogen) atoms. The van der Waals surface area contributed by atoms with Gasteiger partial charge in [-0.2, -0.15) is 5.10 Å². The van der Waals surface area contributed by atoms with E-state index in [1.165, 1.54) is 11.1 Å². The Morgan fingerprint density at radius 3 is 2.71 bits per heavy atom. The standard InChI is InChI=1S/C19H21N3O2/c1-21-12-15(11-20-21)17-10-18(17)19(24)22-8-6-14(7-9-22)13-2-4-16(23)5-3-13/h2-6,11-12,17-18,23H,7-10H2,1H3/t17-,18-/m0/s1. The number of hydrogen-bond donors (Lipinski definition) is 1. The molecule has 5 nitrogen and oxygen atoms in total. The Morgan fingerprint density at radius 2 is 2.08 bits per heavy atom. The van der Waals surface area contributed by atoms with Gasteiger partial charge in [0, 0.05) is 32.3 Å². The molecule has 1 N–H and O–H groups in total. The third-order valence-corrected chi connectivity index (χ3v) is 5.02. The summed E-state index contributed by atoms with van der Waals surface area (Å²) in [5.41, 5.74) is 3.55. The van der Waals surface area contributed by atoms with Gasteiger partial charge in [-0.3, -0.25) is 9.48 Å². The number of carbonyl (C=O) groups is 1. The van der Waals surface area contributed by atoms with Crippen molar-refractivity contribution in [3.8, 4) is 5.75 Å². The second kappa shape index (κ2) is 5.82. The molecule has 0 unspecified atom stereocenters. The number of aromatic hydroxyl groups is 1. The van der Waals surface area contributed by atoms with Gasteiger partial charge in [0.15, 0.2) is 0 Å². The molecule has 1 fully saturated rings. The quantitative estimate of drug-likeness (QED) is 0.944. The first-order valence-corrected chi connectivity index (χ1v) is 8.37. The zero-order valence-electron chi connectivity index (χ0n) is 13.7. The highest BCUT2D eigenvalue weighted by Crippen LogP contribution is 2.48. The van der Waals surface area contributed by atoms with E-state index in [-0.39, 0.29) is 17.6 Å². The van der Waals surface area contributed by atoms with Crippen LogP contribution in [0.15, 0.2) is 42.7 Å². The number of carbonyl (C=O) groups excluding carboxylic acids is 1. The lowest BCUT2D eigenvalue weighted by Gasteiger charge is -2.27. The lowest BCUT2D eigenvalue weighted by molar-refractivity contribution is -0.132. The highest BCUT2D eigenvalue weighted by molar-refractivity contribution is 5.84. The van der Waals surface area contributed by atoms with E-state index >= 15 is 0 Å². The number of aromatic nitrogens is 2. The molecule has 1 aromatic heterocycles. The van der Waals surface area contributed by atoms with E-state index < -0.39 is 0 Å². The fourth-order valence-corrected chi connectivity index (χ4v) is 3.51. The van der Waals surface area contributed by atoms with Crippen molar-refractivity contribution in [3.63, 3.8) is 0 Å². The maximum atomic E-state index is 12.7. The summed E-state index contributed by atoms with van der Waals surface area (Å²) in [6.07, 6.45) is 7.82. The Morgan fingerprint density at radius 1 is 1.29 bits per heavy atom. The van der Waals surface area contributed by atoms with Crippen LogP contribution in [0.25, 0.3) is 5.57 Å². The van der Waals surface area contributed by atoms with Crippen molar-refractivity contribution in [2.24, 2.45) is 13.0 Å². The number of benzene rings is 1. The van der Waals surface area contributed by atoms with Crippen LogP contribution in [0.5, 0.6) is 5.75 Å². The Kier molecular flexibility index (Phi) is 3.63. The molecule has 1 aromatic carbocycles. The van der Waals surface area contributed by atoms with Crippen molar-refractivity contribution in [3.05, 3.63) is 53.9 Å². The lowest BCUT2D eigenvalue weighted by Crippen LogP contribution is -2.36. The SMILES string of the molecule is Cn1cc([C@@H]2C[C@@H]2C(=O)N2CC=C(c3ccc(O)cc3)CC2)cn1. The molecule has 2 heterocycles. The van der Waals surface area contributed by atoms with E-state index in [0.29, 0.717) is 12.5 Å². The molecule has 2 aliphatic rings. The van der Waals surface area contributed by atoms with Crippen LogP contribution in [0.4, 0.5) is 0 Å². The van der Waals surface area contributed by atoms with Crippen LogP contribution >= 0.6 is 0 Å². The summed E-state index contributed by atoms with van der Waals surface area (Å²) in [6.45, 7) is 1.44. The topological polar surface area (TPSA) is 58.4 Å². The Hall–Kier alpha value is -2.56. The van der Waals surface area contributed by atoms with Gasteiger partial charge in [-0.05, 0) is 47.6 Å². The lowest BCUT2D eigenvalue weighted by atomic mass is 9.99. The average Bonchev–Trinajstić information content (AvgIpc) is 3.29. The molecule has 5 heteroatoms. The molecule has 0 spiro atoms. The molecule has 1 saturated carbocycles. The van der Waals surface area contributed by atoms with Gasteiger partial charge in [0.2, 0.25) is 5.91 Å². The fraction of sp³-hybridized carbons (Fsp3) is 0.368. The molecule has 1 aliphatic carbocycles. The van der Waals surface area contributed by atoms with Crippen LogP contribution in [0.3, 0.4) is 0 Å². The number of rotatable bonds is 3. The molecular weight excluding hydrogens is 302 g/mol. The van der Waals surface area contributed by atoms with E-state index in [2.05, 4.69) is 11.2 Å². The Balaban J connectivity index is 1.39. The number of aryl methyl sites for hydroxylation is 1. The molecule has 1 amide bonds. The van der Waals surface area contributed by atoms with Gasteiger partial charge >= 0.3 is 0 Å². The molecule has 4 rings (SSSR count). The Labute approximate surface area is 141 Å². The maximum absolute atomic E-state index is 12.7. The zero-order chi connectivity index (χ0) is 16.7. The summed E-state index contributed by atoms with van der Waals surface area (Å²) in [6, 6.07) is 7.27. The van der Waals surface area contributed by atoms with E-state index in [9.17, 15) is 9.90 Å². The van der Waals surface area contributed by atoms with E-state index in [1.807, 2.05) is 36.5 Å². The molecule has 2 aromatic rings. The van der Waals surface area contributed by atoms with Gasteiger partial charge in [0.05, 0.1) is 6.20 Å². The predicted octanol–water partition coefficient (Wildman–Crippen LogP) is 2.55. The summed E-state index contributed by atoms with van der Waals surface area (Å²) < 4.78 is 1.79. The third-order valence-electron chi connectivity index (χ3n) is 5.02. The van der Waals surface area contributed by atoms with Crippen molar-refractivity contribution in [2.45, 2.75) is 18.8 Å². The van der Waals surface area contributed by atoms with Crippen LogP contribution in [-0.2, 0) is 11.8 Å². The summed E-state index contributed by atoms with van der Waals surface area (Å²) in [4.78, 5) is 14.6. The van der Waals surface area contributed by atoms with Gasteiger partial charge in [-0.25, -0.2) is 0 Å². The minimum atomic E-state index is 0.123. The minimum Gasteiger partial charge on any atom is -0.508 e. The van der Waals surface area contributed by atoms with Crippen molar-refractivity contribution in [1.29, 1.82) is 0 Å². The van der Waals surface area contributed by atoms with Gasteiger partial charge < -0.3 is 10.0 Å². The number of phenols is 1. The normalized spacial score (nSPS) is 23.0. The number of hydrogen-bond acceptors (Lipinski definition) is 3. The molecule has 0 bridgehead atoms. The highest BCUT2D eigenvalue weighted by Gasteiger charge is 2.46. The summed E-state index contributed by atoms with van der Waals surface area (Å²) >= 11 is 0. The van der Waals surface area contributed by atoms with E-state index in [4.69, 9.17) is 0 Å². The number of nitrogens with zero attached hydrogens (tertiary/aromatic N) is 3. The smallest absolute Gasteiger partial charge is 0.226 e. The second-order valence-electron chi connectivity index (χ2n) is 6.71. The first kappa shape index (κ1) is 15.0. The van der Waals surface area contributed by atoms with Gasteiger partial charge in [-0.1, -0.05) is 18.2 Å². The molecular formula is C19H21N3O2. The minimum absolute atomic E-state index is 0.123. The fourth-order valence-electron chi connectivity index (χ4n) is 3.51. The van der Waals surface area contributed by atoms with Gasteiger partial charge in [0.1, 0.15) is 5.75 Å². The number of phenolic OH excluding ortho intramolecular Hbond substituents is 1. The highest BCUT2D eigenvalue weighted by atomic mass is 16.3. The monoisotopic (exact) mass is 323 g/mol. The molecule has 1 aliphatic heterocycles. The molecule has 0 radical (unpaired) electrons.